The molecular formula is C18H19Cl2NO2S. The molecule has 0 radical (unpaired) electrons. The van der Waals surface area contributed by atoms with E-state index in [1.54, 1.807) is 13.2 Å². The van der Waals surface area contributed by atoms with Gasteiger partial charge in [0, 0.05) is 11.3 Å². The number of ether oxygens (including phenoxy) is 1. The second kappa shape index (κ2) is 9.21. The summed E-state index contributed by atoms with van der Waals surface area (Å²) in [6.45, 7) is 1.94. The Morgan fingerprint density at radius 2 is 1.96 bits per heavy atom. The maximum absolute atomic E-state index is 12.1. The van der Waals surface area contributed by atoms with Crippen LogP contribution in [-0.4, -0.2) is 18.8 Å². The number of carbonyl (C=O) groups excluding carboxylic acids is 1. The van der Waals surface area contributed by atoms with Gasteiger partial charge in [0.2, 0.25) is 5.91 Å². The van der Waals surface area contributed by atoms with E-state index in [1.807, 2.05) is 43.3 Å². The largest absolute Gasteiger partial charge is 0.496 e. The van der Waals surface area contributed by atoms with Crippen molar-refractivity contribution in [3.63, 3.8) is 0 Å². The first-order chi connectivity index (χ1) is 11.5. The summed E-state index contributed by atoms with van der Waals surface area (Å²) in [5.74, 6) is 1.83. The van der Waals surface area contributed by atoms with E-state index in [2.05, 4.69) is 5.32 Å². The van der Waals surface area contributed by atoms with E-state index >= 15 is 0 Å². The Balaban J connectivity index is 1.83. The zero-order chi connectivity index (χ0) is 17.5. The number of rotatable bonds is 7. The first-order valence-electron chi connectivity index (χ1n) is 7.45. The number of benzene rings is 2. The van der Waals surface area contributed by atoms with Crippen molar-refractivity contribution in [1.29, 1.82) is 0 Å². The van der Waals surface area contributed by atoms with Crippen molar-refractivity contribution >= 4 is 40.9 Å². The fourth-order valence-electron chi connectivity index (χ4n) is 2.28. The molecule has 1 amide bonds. The van der Waals surface area contributed by atoms with Crippen molar-refractivity contribution in [1.82, 2.24) is 5.32 Å². The van der Waals surface area contributed by atoms with Crippen molar-refractivity contribution < 1.29 is 9.53 Å². The van der Waals surface area contributed by atoms with E-state index < -0.39 is 0 Å². The minimum absolute atomic E-state index is 0.0153. The number of thioether (sulfide) groups is 1. The minimum Gasteiger partial charge on any atom is -0.496 e. The molecule has 1 atom stereocenters. The first kappa shape index (κ1) is 19.0. The Labute approximate surface area is 156 Å². The predicted molar refractivity (Wildman–Crippen MR) is 102 cm³/mol. The standard InChI is InChI=1S/C18H19Cl2NO2S/c1-12(14-5-3-4-6-17(14)23-2)21-18(22)11-24-10-13-7-8-15(19)16(20)9-13/h3-9,12H,10-11H2,1-2H3,(H,21,22)/t12-/m0/s1. The molecule has 3 nitrogen and oxygen atoms in total. The van der Waals surface area contributed by atoms with Gasteiger partial charge in [-0.25, -0.2) is 0 Å². The first-order valence-corrected chi connectivity index (χ1v) is 9.36. The Kier molecular flexibility index (Phi) is 7.28. The molecule has 0 aliphatic carbocycles. The lowest BCUT2D eigenvalue weighted by Gasteiger charge is -2.17. The molecule has 0 saturated heterocycles. The van der Waals surface area contributed by atoms with Crippen LogP contribution < -0.4 is 10.1 Å². The van der Waals surface area contributed by atoms with Gasteiger partial charge in [-0.3, -0.25) is 4.79 Å². The molecule has 0 spiro atoms. The summed E-state index contributed by atoms with van der Waals surface area (Å²) in [7, 11) is 1.63. The predicted octanol–water partition coefficient (Wildman–Crippen LogP) is 5.11. The van der Waals surface area contributed by atoms with Gasteiger partial charge in [0.1, 0.15) is 5.75 Å². The second-order valence-corrected chi connectivity index (χ2v) is 7.07. The number of amides is 1. The highest BCUT2D eigenvalue weighted by molar-refractivity contribution is 7.99. The molecule has 24 heavy (non-hydrogen) atoms. The highest BCUT2D eigenvalue weighted by atomic mass is 35.5. The summed E-state index contributed by atoms with van der Waals surface area (Å²) in [5, 5.41) is 4.06. The van der Waals surface area contributed by atoms with E-state index in [0.29, 0.717) is 21.6 Å². The van der Waals surface area contributed by atoms with Crippen molar-refractivity contribution in [2.75, 3.05) is 12.9 Å². The lowest BCUT2D eigenvalue weighted by molar-refractivity contribution is -0.119. The number of methoxy groups -OCH3 is 1. The summed E-state index contributed by atoms with van der Waals surface area (Å²) in [5.41, 5.74) is 2.00. The monoisotopic (exact) mass is 383 g/mol. The maximum Gasteiger partial charge on any atom is 0.230 e. The lowest BCUT2D eigenvalue weighted by Crippen LogP contribution is -2.28. The molecule has 1 N–H and O–H groups in total. The highest BCUT2D eigenvalue weighted by Gasteiger charge is 2.13. The van der Waals surface area contributed by atoms with Crippen LogP contribution in [0.4, 0.5) is 0 Å². The molecule has 2 aromatic carbocycles. The van der Waals surface area contributed by atoms with Crippen LogP contribution in [0.5, 0.6) is 5.75 Å². The van der Waals surface area contributed by atoms with Gasteiger partial charge in [-0.15, -0.1) is 11.8 Å². The molecule has 0 aliphatic heterocycles. The highest BCUT2D eigenvalue weighted by Crippen LogP contribution is 2.26. The van der Waals surface area contributed by atoms with Crippen LogP contribution in [-0.2, 0) is 10.5 Å². The van der Waals surface area contributed by atoms with Gasteiger partial charge in [-0.05, 0) is 30.7 Å². The fourth-order valence-corrected chi connectivity index (χ4v) is 3.38. The minimum atomic E-state index is -0.112. The smallest absolute Gasteiger partial charge is 0.230 e. The maximum atomic E-state index is 12.1. The average Bonchev–Trinajstić information content (AvgIpc) is 2.58. The van der Waals surface area contributed by atoms with Crippen LogP contribution in [0.1, 0.15) is 24.1 Å². The molecule has 2 rings (SSSR count). The number of halogens is 2. The topological polar surface area (TPSA) is 38.3 Å². The van der Waals surface area contributed by atoms with Crippen LogP contribution in [0.25, 0.3) is 0 Å². The van der Waals surface area contributed by atoms with Crippen LogP contribution in [0.15, 0.2) is 42.5 Å². The van der Waals surface area contributed by atoms with Gasteiger partial charge >= 0.3 is 0 Å². The second-order valence-electron chi connectivity index (χ2n) is 5.27. The van der Waals surface area contributed by atoms with E-state index in [9.17, 15) is 4.79 Å². The summed E-state index contributed by atoms with van der Waals surface area (Å²) in [4.78, 5) is 12.1. The summed E-state index contributed by atoms with van der Waals surface area (Å²) in [6.07, 6.45) is 0. The molecule has 0 aliphatic rings. The molecular weight excluding hydrogens is 365 g/mol. The molecule has 0 unspecified atom stereocenters. The van der Waals surface area contributed by atoms with Gasteiger partial charge in [0.25, 0.3) is 0 Å². The van der Waals surface area contributed by atoms with Crippen molar-refractivity contribution in [2.45, 2.75) is 18.7 Å². The third-order valence-electron chi connectivity index (χ3n) is 3.47. The van der Waals surface area contributed by atoms with Crippen molar-refractivity contribution in [3.05, 3.63) is 63.6 Å². The molecule has 0 fully saturated rings. The van der Waals surface area contributed by atoms with E-state index in [1.165, 1.54) is 11.8 Å². The number of hydrogen-bond donors (Lipinski definition) is 1. The van der Waals surface area contributed by atoms with E-state index in [-0.39, 0.29) is 11.9 Å². The van der Waals surface area contributed by atoms with Crippen LogP contribution in [0.2, 0.25) is 10.0 Å². The normalized spacial score (nSPS) is 11.8. The average molecular weight is 384 g/mol. The Hall–Kier alpha value is -1.36. The van der Waals surface area contributed by atoms with Gasteiger partial charge in [-0.2, -0.15) is 0 Å². The SMILES string of the molecule is COc1ccccc1[C@H](C)NC(=O)CSCc1ccc(Cl)c(Cl)c1. The van der Waals surface area contributed by atoms with Crippen LogP contribution >= 0.6 is 35.0 Å². The van der Waals surface area contributed by atoms with Crippen LogP contribution in [0.3, 0.4) is 0 Å². The Morgan fingerprint density at radius 1 is 1.21 bits per heavy atom. The molecule has 6 heteroatoms. The molecule has 0 saturated carbocycles. The molecule has 0 bridgehead atoms. The van der Waals surface area contributed by atoms with Crippen LogP contribution in [0, 0.1) is 0 Å². The van der Waals surface area contributed by atoms with E-state index in [4.69, 9.17) is 27.9 Å². The molecule has 0 heterocycles. The molecule has 128 valence electrons. The lowest BCUT2D eigenvalue weighted by atomic mass is 10.1. The number of hydrogen-bond acceptors (Lipinski definition) is 3. The number of carbonyl (C=O) groups is 1. The fraction of sp³-hybridized carbons (Fsp3) is 0.278. The Morgan fingerprint density at radius 3 is 2.67 bits per heavy atom. The van der Waals surface area contributed by atoms with Gasteiger partial charge < -0.3 is 10.1 Å². The van der Waals surface area contributed by atoms with Gasteiger partial charge in [0.15, 0.2) is 0 Å². The number of nitrogens with one attached hydrogen (secondary N) is 1. The summed E-state index contributed by atoms with van der Waals surface area (Å²) < 4.78 is 5.33. The van der Waals surface area contributed by atoms with E-state index in [0.717, 1.165) is 16.9 Å². The van der Waals surface area contributed by atoms with Crippen molar-refractivity contribution in [3.8, 4) is 5.75 Å². The van der Waals surface area contributed by atoms with Gasteiger partial charge in [0.05, 0.1) is 28.9 Å². The third-order valence-corrected chi connectivity index (χ3v) is 5.21. The third kappa shape index (κ3) is 5.33. The number of para-hydroxylation sites is 1. The van der Waals surface area contributed by atoms with Gasteiger partial charge in [-0.1, -0.05) is 47.5 Å². The quantitative estimate of drug-likeness (QED) is 0.721. The molecule has 2 aromatic rings. The zero-order valence-corrected chi connectivity index (χ0v) is 15.8. The summed E-state index contributed by atoms with van der Waals surface area (Å²) in [6, 6.07) is 13.1. The zero-order valence-electron chi connectivity index (χ0n) is 13.5. The molecule has 0 aromatic heterocycles. The van der Waals surface area contributed by atoms with Crippen molar-refractivity contribution in [2.24, 2.45) is 0 Å². The Bertz CT molecular complexity index is 709. The summed E-state index contributed by atoms with van der Waals surface area (Å²) >= 11 is 13.4.